The van der Waals surface area contributed by atoms with Gasteiger partial charge < -0.3 is 5.32 Å². The van der Waals surface area contributed by atoms with E-state index in [9.17, 15) is 9.18 Å². The van der Waals surface area contributed by atoms with E-state index >= 15 is 0 Å². The zero-order valence-corrected chi connectivity index (χ0v) is 10.7. The van der Waals surface area contributed by atoms with Crippen LogP contribution in [-0.2, 0) is 4.79 Å². The molecule has 0 heterocycles. The van der Waals surface area contributed by atoms with Gasteiger partial charge in [-0.15, -0.1) is 0 Å². The topological polar surface area (TPSA) is 29.1 Å². The molecule has 0 spiro atoms. The molecular weight excluding hydrogens is 241 g/mol. The maximum Gasteiger partial charge on any atom is 0.217 e. The first kappa shape index (κ1) is 13.3. The highest BCUT2D eigenvalue weighted by Gasteiger charge is 2.24. The average Bonchev–Trinajstić information content (AvgIpc) is 2.46. The number of alkyl halides is 1. The average molecular weight is 257 g/mol. The number of benzene rings is 2. The number of carbonyl (C=O) groups is 1. The second-order valence-electron chi connectivity index (χ2n) is 4.40. The second-order valence-corrected chi connectivity index (χ2v) is 4.40. The quantitative estimate of drug-likeness (QED) is 0.891. The molecule has 2 nitrogen and oxygen atoms in total. The maximum atomic E-state index is 14.6. The smallest absolute Gasteiger partial charge is 0.217 e. The number of nitrogens with one attached hydrogen (secondary N) is 1. The molecule has 0 radical (unpaired) electrons. The molecule has 0 aliphatic carbocycles. The molecule has 2 aromatic rings. The third-order valence-electron chi connectivity index (χ3n) is 2.93. The predicted octanol–water partition coefficient (Wildman–Crippen LogP) is 3.57. The van der Waals surface area contributed by atoms with Crippen molar-refractivity contribution in [3.8, 4) is 0 Å². The normalized spacial score (nSPS) is 13.6. The summed E-state index contributed by atoms with van der Waals surface area (Å²) in [6.45, 7) is 1.40. The maximum absolute atomic E-state index is 14.6. The van der Waals surface area contributed by atoms with Crippen LogP contribution in [0.1, 0.15) is 30.3 Å². The Hall–Kier alpha value is -2.16. The summed E-state index contributed by atoms with van der Waals surface area (Å²) in [5.74, 6) is -0.243. The number of amides is 1. The van der Waals surface area contributed by atoms with Crippen LogP contribution in [0.3, 0.4) is 0 Å². The van der Waals surface area contributed by atoms with Crippen molar-refractivity contribution in [1.82, 2.24) is 5.32 Å². The van der Waals surface area contributed by atoms with Crippen LogP contribution in [0.5, 0.6) is 0 Å². The van der Waals surface area contributed by atoms with Crippen LogP contribution in [0.4, 0.5) is 4.39 Å². The fraction of sp³-hybridized carbons (Fsp3) is 0.188. The van der Waals surface area contributed by atoms with Crippen molar-refractivity contribution in [3.63, 3.8) is 0 Å². The minimum absolute atomic E-state index is 0.243. The first-order chi connectivity index (χ1) is 9.18. The van der Waals surface area contributed by atoms with Crippen LogP contribution in [0, 0.1) is 0 Å². The molecule has 0 aromatic heterocycles. The summed E-state index contributed by atoms with van der Waals surface area (Å²) in [5, 5.41) is 2.68. The Labute approximate surface area is 112 Å². The number of carbonyl (C=O) groups excluding carboxylic acids is 1. The van der Waals surface area contributed by atoms with Crippen LogP contribution >= 0.6 is 0 Å². The van der Waals surface area contributed by atoms with Crippen molar-refractivity contribution in [2.75, 3.05) is 0 Å². The zero-order chi connectivity index (χ0) is 13.7. The highest BCUT2D eigenvalue weighted by atomic mass is 19.1. The fourth-order valence-corrected chi connectivity index (χ4v) is 2.03. The molecule has 19 heavy (non-hydrogen) atoms. The highest BCUT2D eigenvalue weighted by Crippen LogP contribution is 2.31. The van der Waals surface area contributed by atoms with E-state index in [1.165, 1.54) is 6.92 Å². The zero-order valence-electron chi connectivity index (χ0n) is 10.7. The van der Waals surface area contributed by atoms with Crippen molar-refractivity contribution >= 4 is 5.91 Å². The Morgan fingerprint density at radius 2 is 1.42 bits per heavy atom. The third kappa shape index (κ3) is 3.41. The fourth-order valence-electron chi connectivity index (χ4n) is 2.03. The number of hydrogen-bond acceptors (Lipinski definition) is 1. The molecule has 3 heteroatoms. The van der Waals surface area contributed by atoms with Gasteiger partial charge in [0.2, 0.25) is 5.91 Å². The number of hydrogen-bond donors (Lipinski definition) is 1. The Morgan fingerprint density at radius 1 is 0.947 bits per heavy atom. The van der Waals surface area contributed by atoms with E-state index in [0.717, 1.165) is 5.56 Å². The molecule has 1 amide bonds. The van der Waals surface area contributed by atoms with Gasteiger partial charge >= 0.3 is 0 Å². The summed E-state index contributed by atoms with van der Waals surface area (Å²) in [4.78, 5) is 11.3. The molecule has 0 aliphatic heterocycles. The van der Waals surface area contributed by atoms with Crippen LogP contribution in [0.25, 0.3) is 0 Å². The van der Waals surface area contributed by atoms with Crippen molar-refractivity contribution in [1.29, 1.82) is 0 Å². The van der Waals surface area contributed by atoms with Gasteiger partial charge in [-0.25, -0.2) is 4.39 Å². The van der Waals surface area contributed by atoms with Gasteiger partial charge in [0.1, 0.15) is 6.17 Å². The van der Waals surface area contributed by atoms with Gasteiger partial charge in [-0.1, -0.05) is 60.7 Å². The Bertz CT molecular complexity index is 527. The van der Waals surface area contributed by atoms with Crippen molar-refractivity contribution < 1.29 is 9.18 Å². The predicted molar refractivity (Wildman–Crippen MR) is 73.3 cm³/mol. The minimum Gasteiger partial charge on any atom is -0.346 e. The van der Waals surface area contributed by atoms with E-state index in [1.807, 2.05) is 36.4 Å². The molecule has 2 aromatic carbocycles. The Kier molecular flexibility index (Phi) is 4.29. The first-order valence-electron chi connectivity index (χ1n) is 6.19. The lowest BCUT2D eigenvalue weighted by Gasteiger charge is -2.22. The molecule has 2 rings (SSSR count). The van der Waals surface area contributed by atoms with Gasteiger partial charge in [0, 0.05) is 6.92 Å². The molecular formula is C16H16FNO. The first-order valence-corrected chi connectivity index (χ1v) is 6.19. The van der Waals surface area contributed by atoms with Crippen molar-refractivity contribution in [3.05, 3.63) is 71.8 Å². The van der Waals surface area contributed by atoms with Crippen molar-refractivity contribution in [2.45, 2.75) is 19.1 Å². The summed E-state index contributed by atoms with van der Waals surface area (Å²) in [7, 11) is 0. The molecule has 0 bridgehead atoms. The van der Waals surface area contributed by atoms with E-state index in [4.69, 9.17) is 0 Å². The standard InChI is InChI=1S/C16H16FNO/c1-12(19)18-16(14-10-6-3-7-11-14)15(17)13-8-4-2-5-9-13/h2-11,15-16H,1H3,(H,18,19)/t15-,16+/m0/s1. The molecule has 0 aliphatic rings. The SMILES string of the molecule is CC(=O)N[C@H](c1ccccc1)[C@@H](F)c1ccccc1. The summed E-state index contributed by atoms with van der Waals surface area (Å²) in [5.41, 5.74) is 1.32. The highest BCUT2D eigenvalue weighted by molar-refractivity contribution is 5.73. The molecule has 98 valence electrons. The largest absolute Gasteiger partial charge is 0.346 e. The van der Waals surface area contributed by atoms with Crippen LogP contribution in [-0.4, -0.2) is 5.91 Å². The molecule has 0 saturated heterocycles. The monoisotopic (exact) mass is 257 g/mol. The summed E-state index contributed by atoms with van der Waals surface area (Å²) < 4.78 is 14.6. The Balaban J connectivity index is 2.30. The molecule has 1 N–H and O–H groups in total. The molecule has 0 fully saturated rings. The number of rotatable bonds is 4. The van der Waals surface area contributed by atoms with E-state index in [0.29, 0.717) is 5.56 Å². The third-order valence-corrected chi connectivity index (χ3v) is 2.93. The van der Waals surface area contributed by atoms with E-state index in [2.05, 4.69) is 5.32 Å². The van der Waals surface area contributed by atoms with E-state index in [1.54, 1.807) is 24.3 Å². The lowest BCUT2D eigenvalue weighted by atomic mass is 9.97. The van der Waals surface area contributed by atoms with Crippen LogP contribution < -0.4 is 5.32 Å². The van der Waals surface area contributed by atoms with Gasteiger partial charge in [-0.2, -0.15) is 0 Å². The van der Waals surface area contributed by atoms with Crippen LogP contribution in [0.15, 0.2) is 60.7 Å². The number of halogens is 1. The molecule has 0 saturated carbocycles. The van der Waals surface area contributed by atoms with Crippen LogP contribution in [0.2, 0.25) is 0 Å². The van der Waals surface area contributed by atoms with Gasteiger partial charge in [0.05, 0.1) is 6.04 Å². The van der Waals surface area contributed by atoms with Gasteiger partial charge in [-0.05, 0) is 11.1 Å². The Morgan fingerprint density at radius 3 is 1.89 bits per heavy atom. The van der Waals surface area contributed by atoms with Gasteiger partial charge in [0.15, 0.2) is 0 Å². The van der Waals surface area contributed by atoms with Gasteiger partial charge in [-0.3, -0.25) is 4.79 Å². The summed E-state index contributed by atoms with van der Waals surface area (Å²) >= 11 is 0. The molecule has 0 unspecified atom stereocenters. The van der Waals surface area contributed by atoms with E-state index in [-0.39, 0.29) is 5.91 Å². The lowest BCUT2D eigenvalue weighted by molar-refractivity contribution is -0.120. The lowest BCUT2D eigenvalue weighted by Crippen LogP contribution is -2.29. The molecule has 2 atom stereocenters. The van der Waals surface area contributed by atoms with Gasteiger partial charge in [0.25, 0.3) is 0 Å². The minimum atomic E-state index is -1.27. The van der Waals surface area contributed by atoms with E-state index < -0.39 is 12.2 Å². The van der Waals surface area contributed by atoms with Crippen molar-refractivity contribution in [2.24, 2.45) is 0 Å². The summed E-state index contributed by atoms with van der Waals surface area (Å²) in [6.07, 6.45) is -1.27. The second kappa shape index (κ2) is 6.14. The summed E-state index contributed by atoms with van der Waals surface area (Å²) in [6, 6.07) is 17.4.